The molecule has 2 rings (SSSR count). The number of amides is 2. The normalized spacial score (nSPS) is 16.2. The molecule has 1 aromatic rings. The summed E-state index contributed by atoms with van der Waals surface area (Å²) >= 11 is 0. The van der Waals surface area contributed by atoms with Crippen LogP contribution >= 0.6 is 0 Å². The van der Waals surface area contributed by atoms with Gasteiger partial charge in [0.1, 0.15) is 6.61 Å². The monoisotopic (exact) mass is 361 g/mol. The summed E-state index contributed by atoms with van der Waals surface area (Å²) in [5.41, 5.74) is 1.69. The minimum Gasteiger partial charge on any atom is -0.375 e. The van der Waals surface area contributed by atoms with Crippen molar-refractivity contribution in [2.75, 3.05) is 38.3 Å². The standard InChI is InChI=1S/C20H31N3O3/c1-4-15(2)13-21-20(25)17-7-5-6-8-18(17)23-11-9-16(10-12-23)22-19(24)14-26-3/h5-8,15-16H,4,9-14H2,1-3H3,(H,21,25)(H,22,24). The molecule has 1 aromatic carbocycles. The lowest BCUT2D eigenvalue weighted by atomic mass is 10.0. The molecule has 0 aromatic heterocycles. The van der Waals surface area contributed by atoms with Gasteiger partial charge in [0.25, 0.3) is 5.91 Å². The van der Waals surface area contributed by atoms with Crippen LogP contribution in [0.15, 0.2) is 24.3 Å². The molecule has 2 N–H and O–H groups in total. The molecule has 144 valence electrons. The van der Waals surface area contributed by atoms with Crippen molar-refractivity contribution in [1.82, 2.24) is 10.6 Å². The predicted octanol–water partition coefficient (Wildman–Crippen LogP) is 2.19. The van der Waals surface area contributed by atoms with Crippen molar-refractivity contribution in [3.05, 3.63) is 29.8 Å². The van der Waals surface area contributed by atoms with Crippen molar-refractivity contribution in [3.63, 3.8) is 0 Å². The van der Waals surface area contributed by atoms with Gasteiger partial charge in [-0.2, -0.15) is 0 Å². The maximum Gasteiger partial charge on any atom is 0.253 e. The number of para-hydroxylation sites is 1. The highest BCUT2D eigenvalue weighted by molar-refractivity contribution is 5.99. The van der Waals surface area contributed by atoms with Crippen molar-refractivity contribution in [3.8, 4) is 0 Å². The molecule has 0 saturated carbocycles. The van der Waals surface area contributed by atoms with Crippen LogP contribution in [0.25, 0.3) is 0 Å². The van der Waals surface area contributed by atoms with E-state index in [9.17, 15) is 9.59 Å². The van der Waals surface area contributed by atoms with Gasteiger partial charge in [-0.3, -0.25) is 9.59 Å². The van der Waals surface area contributed by atoms with Crippen LogP contribution in [0.1, 0.15) is 43.5 Å². The molecule has 0 aliphatic carbocycles. The van der Waals surface area contributed by atoms with Crippen molar-refractivity contribution < 1.29 is 14.3 Å². The van der Waals surface area contributed by atoms with E-state index in [1.54, 1.807) is 0 Å². The van der Waals surface area contributed by atoms with Crippen molar-refractivity contribution in [1.29, 1.82) is 0 Å². The van der Waals surface area contributed by atoms with Crippen molar-refractivity contribution >= 4 is 17.5 Å². The molecule has 1 heterocycles. The van der Waals surface area contributed by atoms with Crippen molar-refractivity contribution in [2.45, 2.75) is 39.2 Å². The molecule has 0 bridgehead atoms. The number of anilines is 1. The number of carbonyl (C=O) groups is 2. The van der Waals surface area contributed by atoms with Crippen LogP contribution in [-0.2, 0) is 9.53 Å². The zero-order valence-electron chi connectivity index (χ0n) is 16.1. The second-order valence-corrected chi connectivity index (χ2v) is 7.00. The maximum atomic E-state index is 12.6. The molecule has 1 unspecified atom stereocenters. The lowest BCUT2D eigenvalue weighted by Gasteiger charge is -2.34. The minimum absolute atomic E-state index is 0.0172. The zero-order chi connectivity index (χ0) is 18.9. The first-order valence-electron chi connectivity index (χ1n) is 9.45. The fourth-order valence-corrected chi connectivity index (χ4v) is 3.11. The molecule has 0 spiro atoms. The van der Waals surface area contributed by atoms with Gasteiger partial charge in [-0.15, -0.1) is 0 Å². The summed E-state index contributed by atoms with van der Waals surface area (Å²) in [4.78, 5) is 26.5. The van der Waals surface area contributed by atoms with Crippen LogP contribution in [0.2, 0.25) is 0 Å². The molecule has 1 aliphatic heterocycles. The van der Waals surface area contributed by atoms with Crippen LogP contribution in [0.5, 0.6) is 0 Å². The van der Waals surface area contributed by atoms with E-state index in [2.05, 4.69) is 29.4 Å². The van der Waals surface area contributed by atoms with E-state index in [1.165, 1.54) is 7.11 Å². The van der Waals surface area contributed by atoms with Crippen LogP contribution in [0.3, 0.4) is 0 Å². The number of nitrogens with zero attached hydrogens (tertiary/aromatic N) is 1. The van der Waals surface area contributed by atoms with E-state index in [0.29, 0.717) is 12.5 Å². The SMILES string of the molecule is CCC(C)CNC(=O)c1ccccc1N1CCC(NC(=O)COC)CC1. The molecule has 1 saturated heterocycles. The van der Waals surface area contributed by atoms with Crippen LogP contribution in [-0.4, -0.2) is 51.2 Å². The Morgan fingerprint density at radius 2 is 1.96 bits per heavy atom. The second kappa shape index (κ2) is 10.2. The van der Waals surface area contributed by atoms with Crippen molar-refractivity contribution in [2.24, 2.45) is 5.92 Å². The van der Waals surface area contributed by atoms with Crippen LogP contribution < -0.4 is 15.5 Å². The molecule has 6 nitrogen and oxygen atoms in total. The summed E-state index contributed by atoms with van der Waals surface area (Å²) in [6, 6.07) is 7.92. The summed E-state index contributed by atoms with van der Waals surface area (Å²) in [7, 11) is 1.52. The smallest absolute Gasteiger partial charge is 0.253 e. The number of hydrogen-bond acceptors (Lipinski definition) is 4. The highest BCUT2D eigenvalue weighted by atomic mass is 16.5. The summed E-state index contributed by atoms with van der Waals surface area (Å²) in [6.07, 6.45) is 2.76. The lowest BCUT2D eigenvalue weighted by Crippen LogP contribution is -2.46. The molecule has 6 heteroatoms. The Kier molecular flexibility index (Phi) is 7.91. The third-order valence-electron chi connectivity index (χ3n) is 4.93. The van der Waals surface area contributed by atoms with Gasteiger partial charge < -0.3 is 20.3 Å². The van der Waals surface area contributed by atoms with Gasteiger partial charge >= 0.3 is 0 Å². The first-order valence-corrected chi connectivity index (χ1v) is 9.45. The van der Waals surface area contributed by atoms with E-state index in [1.807, 2.05) is 24.3 Å². The number of carbonyl (C=O) groups excluding carboxylic acids is 2. The highest BCUT2D eigenvalue weighted by Gasteiger charge is 2.23. The fraction of sp³-hybridized carbons (Fsp3) is 0.600. The molecular formula is C20H31N3O3. The number of benzene rings is 1. The first kappa shape index (κ1) is 20.2. The largest absolute Gasteiger partial charge is 0.375 e. The van der Waals surface area contributed by atoms with E-state index in [0.717, 1.165) is 43.6 Å². The Morgan fingerprint density at radius 1 is 1.27 bits per heavy atom. The number of piperidine rings is 1. The first-order chi connectivity index (χ1) is 12.5. The maximum absolute atomic E-state index is 12.6. The van der Waals surface area contributed by atoms with Gasteiger partial charge in [-0.05, 0) is 30.9 Å². The van der Waals surface area contributed by atoms with Gasteiger partial charge in [0.15, 0.2) is 0 Å². The topological polar surface area (TPSA) is 70.7 Å². The molecule has 1 atom stereocenters. The molecule has 1 aliphatic rings. The van der Waals surface area contributed by atoms with Crippen LogP contribution in [0, 0.1) is 5.92 Å². The summed E-state index contributed by atoms with van der Waals surface area (Å²) < 4.78 is 4.86. The Hall–Kier alpha value is -2.08. The van der Waals surface area contributed by atoms with Gasteiger partial charge in [0, 0.05) is 38.5 Å². The Bertz CT molecular complexity index is 598. The van der Waals surface area contributed by atoms with Crippen LogP contribution in [0.4, 0.5) is 5.69 Å². The van der Waals surface area contributed by atoms with Gasteiger partial charge in [0.2, 0.25) is 5.91 Å². The molecular weight excluding hydrogens is 330 g/mol. The Balaban J connectivity index is 1.96. The molecule has 0 radical (unpaired) electrons. The molecule has 2 amide bonds. The predicted molar refractivity (Wildman–Crippen MR) is 103 cm³/mol. The van der Waals surface area contributed by atoms with E-state index in [-0.39, 0.29) is 24.5 Å². The van der Waals surface area contributed by atoms with Gasteiger partial charge in [-0.1, -0.05) is 32.4 Å². The lowest BCUT2D eigenvalue weighted by molar-refractivity contribution is -0.125. The van der Waals surface area contributed by atoms with E-state index in [4.69, 9.17) is 4.74 Å². The van der Waals surface area contributed by atoms with Gasteiger partial charge in [0.05, 0.1) is 5.56 Å². The minimum atomic E-state index is -0.0734. The number of nitrogens with one attached hydrogen (secondary N) is 2. The number of hydrogen-bond donors (Lipinski definition) is 2. The van der Waals surface area contributed by atoms with Gasteiger partial charge in [-0.25, -0.2) is 0 Å². The highest BCUT2D eigenvalue weighted by Crippen LogP contribution is 2.24. The number of ether oxygens (including phenoxy) is 1. The quantitative estimate of drug-likeness (QED) is 0.745. The Morgan fingerprint density at radius 3 is 2.62 bits per heavy atom. The average molecular weight is 361 g/mol. The summed E-state index contributed by atoms with van der Waals surface area (Å²) in [5.74, 6) is 0.379. The Labute approximate surface area is 156 Å². The molecule has 26 heavy (non-hydrogen) atoms. The average Bonchev–Trinajstić information content (AvgIpc) is 2.66. The van der Waals surface area contributed by atoms with E-state index < -0.39 is 0 Å². The summed E-state index contributed by atoms with van der Waals surface area (Å²) in [5, 5.41) is 6.04. The third-order valence-corrected chi connectivity index (χ3v) is 4.93. The second-order valence-electron chi connectivity index (χ2n) is 7.00. The molecule has 1 fully saturated rings. The number of rotatable bonds is 8. The number of methoxy groups -OCH3 is 1. The zero-order valence-corrected chi connectivity index (χ0v) is 16.1. The third kappa shape index (κ3) is 5.73. The summed E-state index contributed by atoms with van der Waals surface area (Å²) in [6.45, 7) is 6.67. The fourth-order valence-electron chi connectivity index (χ4n) is 3.11. The van der Waals surface area contributed by atoms with E-state index >= 15 is 0 Å².